The summed E-state index contributed by atoms with van der Waals surface area (Å²) in [6.07, 6.45) is 0. The molecule has 0 aliphatic carbocycles. The van der Waals surface area contributed by atoms with Crippen LogP contribution < -0.4 is 0 Å². The fourth-order valence-corrected chi connectivity index (χ4v) is 4.97. The third kappa shape index (κ3) is 3.65. The number of benzene rings is 2. The molecule has 0 saturated carbocycles. The number of nitrogens with zero attached hydrogens (tertiary/aromatic N) is 2. The molecule has 3 aromatic rings. The lowest BCUT2D eigenvalue weighted by Crippen LogP contribution is -2.50. The summed E-state index contributed by atoms with van der Waals surface area (Å²) in [4.78, 5) is 17.3. The number of carbonyl (C=O) groups is 1. The molecule has 1 aliphatic rings. The number of halogens is 1. The maximum atomic E-state index is 13.8. The number of nitrogens with one attached hydrogen (secondary N) is 1. The van der Waals surface area contributed by atoms with E-state index in [0.29, 0.717) is 29.7 Å². The average molecular weight is 401 g/mol. The minimum Gasteiger partial charge on any atom is -0.350 e. The van der Waals surface area contributed by atoms with Crippen LogP contribution in [0.1, 0.15) is 16.1 Å². The fraction of sp³-hybridized carbons (Fsp3) is 0.250. The van der Waals surface area contributed by atoms with Crippen LogP contribution in [0.15, 0.2) is 54.6 Å². The zero-order valence-electron chi connectivity index (χ0n) is 15.1. The molecule has 8 heteroatoms. The van der Waals surface area contributed by atoms with Crippen LogP contribution in [-0.2, 0) is 15.8 Å². The Hall–Kier alpha value is -2.71. The van der Waals surface area contributed by atoms with Crippen LogP contribution in [0.3, 0.4) is 0 Å². The summed E-state index contributed by atoms with van der Waals surface area (Å²) < 4.78 is 40.5. The first-order valence-electron chi connectivity index (χ1n) is 9.02. The van der Waals surface area contributed by atoms with Gasteiger partial charge in [-0.25, -0.2) is 12.8 Å². The van der Waals surface area contributed by atoms with E-state index in [1.54, 1.807) is 29.2 Å². The molecule has 0 unspecified atom stereocenters. The van der Waals surface area contributed by atoms with Crippen LogP contribution in [0, 0.1) is 5.82 Å². The number of aromatic amines is 1. The highest BCUT2D eigenvalue weighted by Crippen LogP contribution is 2.21. The summed E-state index contributed by atoms with van der Waals surface area (Å²) in [7, 11) is -3.44. The second-order valence-corrected chi connectivity index (χ2v) is 8.79. The van der Waals surface area contributed by atoms with Crippen LogP contribution >= 0.6 is 0 Å². The SMILES string of the molecule is O=C(c1cc2c(F)cccc2[nH]1)N1CCN(S(=O)(=O)Cc2ccccc2)CC1. The lowest BCUT2D eigenvalue weighted by atomic mass is 10.2. The Morgan fingerprint density at radius 2 is 1.71 bits per heavy atom. The van der Waals surface area contributed by atoms with Crippen LogP contribution in [0.4, 0.5) is 4.39 Å². The van der Waals surface area contributed by atoms with Gasteiger partial charge in [-0.3, -0.25) is 4.79 Å². The van der Waals surface area contributed by atoms with Crippen molar-refractivity contribution in [1.29, 1.82) is 0 Å². The number of sulfonamides is 1. The molecule has 1 aromatic heterocycles. The number of amides is 1. The first-order valence-corrected chi connectivity index (χ1v) is 10.6. The Labute approximate surface area is 162 Å². The van der Waals surface area contributed by atoms with Gasteiger partial charge in [0.1, 0.15) is 11.5 Å². The normalized spacial score (nSPS) is 15.8. The van der Waals surface area contributed by atoms with Crippen LogP contribution in [0.5, 0.6) is 0 Å². The molecule has 0 bridgehead atoms. The predicted molar refractivity (Wildman–Crippen MR) is 105 cm³/mol. The zero-order valence-corrected chi connectivity index (χ0v) is 16.0. The number of H-pyrrole nitrogens is 1. The van der Waals surface area contributed by atoms with Gasteiger partial charge in [0.2, 0.25) is 10.0 Å². The molecule has 0 radical (unpaired) electrons. The van der Waals surface area contributed by atoms with E-state index in [9.17, 15) is 17.6 Å². The van der Waals surface area contributed by atoms with E-state index in [1.807, 2.05) is 18.2 Å². The minimum absolute atomic E-state index is 0.0525. The fourth-order valence-electron chi connectivity index (χ4n) is 3.45. The van der Waals surface area contributed by atoms with Gasteiger partial charge in [-0.1, -0.05) is 36.4 Å². The molecule has 146 valence electrons. The van der Waals surface area contributed by atoms with Crippen LogP contribution in [0.2, 0.25) is 0 Å². The van der Waals surface area contributed by atoms with Crippen molar-refractivity contribution >= 4 is 26.8 Å². The largest absolute Gasteiger partial charge is 0.350 e. The lowest BCUT2D eigenvalue weighted by Gasteiger charge is -2.33. The molecule has 1 aliphatic heterocycles. The highest BCUT2D eigenvalue weighted by atomic mass is 32.2. The number of fused-ring (bicyclic) bond motifs is 1. The summed E-state index contributed by atoms with van der Waals surface area (Å²) in [6.45, 7) is 1.08. The Bertz CT molecular complexity index is 1100. The number of aromatic nitrogens is 1. The van der Waals surface area contributed by atoms with Crippen molar-refractivity contribution in [3.8, 4) is 0 Å². The standard InChI is InChI=1S/C20H20FN3O3S/c21-17-7-4-8-18-16(17)13-19(22-18)20(25)23-9-11-24(12-10-23)28(26,27)14-15-5-2-1-3-6-15/h1-8,13,22H,9-12,14H2. The molecular weight excluding hydrogens is 381 g/mol. The molecule has 1 N–H and O–H groups in total. The number of rotatable bonds is 4. The Morgan fingerprint density at radius 3 is 2.39 bits per heavy atom. The number of hydrogen-bond donors (Lipinski definition) is 1. The van der Waals surface area contributed by atoms with E-state index in [-0.39, 0.29) is 30.6 Å². The Kier molecular flexibility index (Phi) is 4.91. The monoisotopic (exact) mass is 401 g/mol. The number of hydrogen-bond acceptors (Lipinski definition) is 3. The molecule has 6 nitrogen and oxygen atoms in total. The highest BCUT2D eigenvalue weighted by molar-refractivity contribution is 7.88. The Balaban J connectivity index is 1.43. The molecule has 2 aromatic carbocycles. The van der Waals surface area contributed by atoms with Gasteiger partial charge >= 0.3 is 0 Å². The molecule has 2 heterocycles. The maximum Gasteiger partial charge on any atom is 0.270 e. The van der Waals surface area contributed by atoms with Gasteiger partial charge in [0.05, 0.1) is 5.75 Å². The van der Waals surface area contributed by atoms with Crippen molar-refractivity contribution in [3.05, 3.63) is 71.7 Å². The van der Waals surface area contributed by atoms with Gasteiger partial charge in [0.15, 0.2) is 0 Å². The molecular formula is C20H20FN3O3S. The van der Waals surface area contributed by atoms with Gasteiger partial charge in [-0.05, 0) is 23.8 Å². The predicted octanol–water partition coefficient (Wildman–Crippen LogP) is 2.59. The molecule has 0 spiro atoms. The summed E-state index contributed by atoms with van der Waals surface area (Å²) in [5.74, 6) is -0.691. The van der Waals surface area contributed by atoms with Crippen molar-refractivity contribution < 1.29 is 17.6 Å². The molecule has 1 fully saturated rings. The van der Waals surface area contributed by atoms with Crippen molar-refractivity contribution in [2.75, 3.05) is 26.2 Å². The molecule has 1 saturated heterocycles. The summed E-state index contributed by atoms with van der Waals surface area (Å²) >= 11 is 0. The third-order valence-electron chi connectivity index (χ3n) is 4.95. The first kappa shape index (κ1) is 18.6. The summed E-state index contributed by atoms with van der Waals surface area (Å²) in [5, 5.41) is 0.370. The Morgan fingerprint density at radius 1 is 1.00 bits per heavy atom. The second kappa shape index (κ2) is 7.37. The molecule has 0 atom stereocenters. The van der Waals surface area contributed by atoms with Gasteiger partial charge in [-0.15, -0.1) is 0 Å². The van der Waals surface area contributed by atoms with Gasteiger partial charge in [0.25, 0.3) is 5.91 Å². The van der Waals surface area contributed by atoms with Gasteiger partial charge in [0, 0.05) is 37.1 Å². The van der Waals surface area contributed by atoms with Crippen molar-refractivity contribution in [2.24, 2.45) is 0 Å². The molecule has 1 amide bonds. The van der Waals surface area contributed by atoms with Crippen molar-refractivity contribution in [2.45, 2.75) is 5.75 Å². The average Bonchev–Trinajstić information content (AvgIpc) is 3.14. The molecule has 28 heavy (non-hydrogen) atoms. The van der Waals surface area contributed by atoms with E-state index >= 15 is 0 Å². The maximum absolute atomic E-state index is 13.8. The van der Waals surface area contributed by atoms with E-state index in [1.165, 1.54) is 16.4 Å². The number of piperazine rings is 1. The zero-order chi connectivity index (χ0) is 19.7. The van der Waals surface area contributed by atoms with E-state index in [4.69, 9.17) is 0 Å². The quantitative estimate of drug-likeness (QED) is 0.730. The van der Waals surface area contributed by atoms with E-state index < -0.39 is 10.0 Å². The number of carbonyl (C=O) groups excluding carboxylic acids is 1. The minimum atomic E-state index is -3.44. The second-order valence-electron chi connectivity index (χ2n) is 6.82. The van der Waals surface area contributed by atoms with E-state index in [0.717, 1.165) is 5.56 Å². The topological polar surface area (TPSA) is 73.5 Å². The van der Waals surface area contributed by atoms with Gasteiger partial charge in [-0.2, -0.15) is 4.31 Å². The van der Waals surface area contributed by atoms with Crippen molar-refractivity contribution in [3.63, 3.8) is 0 Å². The van der Waals surface area contributed by atoms with Crippen LogP contribution in [-0.4, -0.2) is 54.7 Å². The highest BCUT2D eigenvalue weighted by Gasteiger charge is 2.29. The summed E-state index contributed by atoms with van der Waals surface area (Å²) in [5.41, 5.74) is 1.61. The van der Waals surface area contributed by atoms with Crippen LogP contribution in [0.25, 0.3) is 10.9 Å². The third-order valence-corrected chi connectivity index (χ3v) is 6.80. The lowest BCUT2D eigenvalue weighted by molar-refractivity contribution is 0.0693. The summed E-state index contributed by atoms with van der Waals surface area (Å²) in [6, 6.07) is 15.2. The van der Waals surface area contributed by atoms with Gasteiger partial charge < -0.3 is 9.88 Å². The molecule has 4 rings (SSSR count). The van der Waals surface area contributed by atoms with Crippen molar-refractivity contribution in [1.82, 2.24) is 14.2 Å². The van der Waals surface area contributed by atoms with E-state index in [2.05, 4.69) is 4.98 Å². The first-order chi connectivity index (χ1) is 13.4. The smallest absolute Gasteiger partial charge is 0.270 e.